The van der Waals surface area contributed by atoms with Crippen molar-refractivity contribution in [3.05, 3.63) is 29.8 Å². The van der Waals surface area contributed by atoms with Gasteiger partial charge in [0.25, 0.3) is 0 Å². The number of rotatable bonds is 6. The molecule has 0 bridgehead atoms. The van der Waals surface area contributed by atoms with Gasteiger partial charge in [-0.25, -0.2) is 13.1 Å². The summed E-state index contributed by atoms with van der Waals surface area (Å²) in [6.45, 7) is 4.56. The lowest BCUT2D eigenvalue weighted by atomic mass is 10.2. The lowest BCUT2D eigenvalue weighted by Gasteiger charge is -2.23. The summed E-state index contributed by atoms with van der Waals surface area (Å²) < 4.78 is 27.1. The molecule has 1 fully saturated rings. The summed E-state index contributed by atoms with van der Waals surface area (Å²) in [5, 5.41) is 8.61. The van der Waals surface area contributed by atoms with Crippen molar-refractivity contribution >= 4 is 10.0 Å². The molecular weight excluding hydrogens is 286 g/mol. The molecule has 2 rings (SSSR count). The minimum atomic E-state index is -3.48. The highest BCUT2D eigenvalue weighted by Crippen LogP contribution is 2.13. The summed E-state index contributed by atoms with van der Waals surface area (Å²) >= 11 is 0. The van der Waals surface area contributed by atoms with Crippen LogP contribution < -0.4 is 4.72 Å². The molecule has 1 aliphatic heterocycles. The molecule has 0 radical (unpaired) electrons. The van der Waals surface area contributed by atoms with E-state index >= 15 is 0 Å². The van der Waals surface area contributed by atoms with Gasteiger partial charge in [0.05, 0.1) is 17.4 Å². The van der Waals surface area contributed by atoms with Crippen LogP contribution >= 0.6 is 0 Å². The van der Waals surface area contributed by atoms with Crippen molar-refractivity contribution in [2.24, 2.45) is 0 Å². The molecule has 0 aliphatic carbocycles. The molecule has 21 heavy (non-hydrogen) atoms. The molecule has 1 unspecified atom stereocenters. The second-order valence-corrected chi connectivity index (χ2v) is 7.19. The Bertz CT molecular complexity index is 599. The van der Waals surface area contributed by atoms with Crippen molar-refractivity contribution < 1.29 is 8.42 Å². The predicted octanol–water partition coefficient (Wildman–Crippen LogP) is 1.52. The highest BCUT2D eigenvalue weighted by molar-refractivity contribution is 7.89. The van der Waals surface area contributed by atoms with E-state index in [0.29, 0.717) is 13.0 Å². The summed E-state index contributed by atoms with van der Waals surface area (Å²) in [6, 6.07) is 8.72. The number of nitriles is 1. The topological polar surface area (TPSA) is 73.2 Å². The zero-order chi connectivity index (χ0) is 15.3. The van der Waals surface area contributed by atoms with E-state index in [4.69, 9.17) is 5.26 Å². The summed E-state index contributed by atoms with van der Waals surface area (Å²) in [7, 11) is -3.48. The van der Waals surface area contributed by atoms with E-state index in [1.807, 2.05) is 13.0 Å². The fourth-order valence-corrected chi connectivity index (χ4v) is 3.62. The van der Waals surface area contributed by atoms with Crippen molar-refractivity contribution in [3.63, 3.8) is 0 Å². The Morgan fingerprint density at radius 2 is 1.90 bits per heavy atom. The largest absolute Gasteiger partial charge is 0.299 e. The quantitative estimate of drug-likeness (QED) is 0.864. The van der Waals surface area contributed by atoms with E-state index in [1.54, 1.807) is 24.3 Å². The fraction of sp³-hybridized carbons (Fsp3) is 0.533. The van der Waals surface area contributed by atoms with Gasteiger partial charge in [0, 0.05) is 12.6 Å². The lowest BCUT2D eigenvalue weighted by Crippen LogP contribution is -2.40. The molecule has 6 heteroatoms. The van der Waals surface area contributed by atoms with Gasteiger partial charge in [0.2, 0.25) is 10.0 Å². The third-order valence-corrected chi connectivity index (χ3v) is 5.29. The molecule has 0 aromatic heterocycles. The number of hydrogen-bond donors (Lipinski definition) is 1. The SMILES string of the molecule is CC(CNS(=O)(=O)c1ccc(CC#N)cc1)N1CCCC1. The molecule has 1 N–H and O–H groups in total. The summed E-state index contributed by atoms with van der Waals surface area (Å²) in [5.41, 5.74) is 0.821. The number of benzene rings is 1. The number of likely N-dealkylation sites (tertiary alicyclic amines) is 1. The number of nitrogens with zero attached hydrogens (tertiary/aromatic N) is 2. The van der Waals surface area contributed by atoms with Crippen LogP contribution in [0.25, 0.3) is 0 Å². The maximum atomic E-state index is 12.2. The zero-order valence-electron chi connectivity index (χ0n) is 12.2. The van der Waals surface area contributed by atoms with Crippen molar-refractivity contribution in [1.82, 2.24) is 9.62 Å². The van der Waals surface area contributed by atoms with Crippen molar-refractivity contribution in [3.8, 4) is 6.07 Å². The molecule has 1 heterocycles. The summed E-state index contributed by atoms with van der Waals surface area (Å²) in [5.74, 6) is 0. The second kappa shape index (κ2) is 7.03. The molecule has 5 nitrogen and oxygen atoms in total. The standard InChI is InChI=1S/C15H21N3O2S/c1-13(18-10-2-3-11-18)12-17-21(19,20)15-6-4-14(5-7-15)8-9-16/h4-7,13,17H,2-3,8,10-12H2,1H3. The first-order chi connectivity index (χ1) is 10.0. The predicted molar refractivity (Wildman–Crippen MR) is 81.2 cm³/mol. The number of hydrogen-bond acceptors (Lipinski definition) is 4. The summed E-state index contributed by atoms with van der Waals surface area (Å²) in [6.07, 6.45) is 2.68. The van der Waals surface area contributed by atoms with Gasteiger partial charge in [-0.1, -0.05) is 12.1 Å². The zero-order valence-corrected chi connectivity index (χ0v) is 13.1. The van der Waals surface area contributed by atoms with Gasteiger partial charge in [-0.05, 0) is 50.6 Å². The highest BCUT2D eigenvalue weighted by Gasteiger charge is 2.20. The van der Waals surface area contributed by atoms with E-state index < -0.39 is 10.0 Å². The van der Waals surface area contributed by atoms with Crippen LogP contribution in [0.2, 0.25) is 0 Å². The van der Waals surface area contributed by atoms with E-state index in [-0.39, 0.29) is 10.9 Å². The first-order valence-electron chi connectivity index (χ1n) is 7.22. The van der Waals surface area contributed by atoms with Crippen LogP contribution in [0.1, 0.15) is 25.3 Å². The first kappa shape index (κ1) is 16.0. The van der Waals surface area contributed by atoms with Crippen LogP contribution in [0.3, 0.4) is 0 Å². The van der Waals surface area contributed by atoms with Gasteiger partial charge in [-0.15, -0.1) is 0 Å². The molecule has 1 atom stereocenters. The molecule has 0 spiro atoms. The van der Waals surface area contributed by atoms with Crippen LogP contribution in [0.15, 0.2) is 29.2 Å². The second-order valence-electron chi connectivity index (χ2n) is 5.42. The number of sulfonamides is 1. The van der Waals surface area contributed by atoms with E-state index in [0.717, 1.165) is 18.7 Å². The van der Waals surface area contributed by atoms with Crippen LogP contribution in [0.5, 0.6) is 0 Å². The van der Waals surface area contributed by atoms with E-state index in [2.05, 4.69) is 9.62 Å². The number of nitrogens with one attached hydrogen (secondary N) is 1. The van der Waals surface area contributed by atoms with Gasteiger partial charge in [0.1, 0.15) is 0 Å². The van der Waals surface area contributed by atoms with Gasteiger partial charge in [-0.3, -0.25) is 4.90 Å². The van der Waals surface area contributed by atoms with Gasteiger partial charge in [-0.2, -0.15) is 5.26 Å². The summed E-state index contributed by atoms with van der Waals surface area (Å²) in [4.78, 5) is 2.55. The van der Waals surface area contributed by atoms with Gasteiger partial charge >= 0.3 is 0 Å². The Hall–Kier alpha value is -1.42. The lowest BCUT2D eigenvalue weighted by molar-refractivity contribution is 0.260. The minimum absolute atomic E-state index is 0.208. The average Bonchev–Trinajstić information content (AvgIpc) is 3.00. The fourth-order valence-electron chi connectivity index (χ4n) is 2.50. The van der Waals surface area contributed by atoms with Crippen molar-refractivity contribution in [2.45, 2.75) is 37.1 Å². The average molecular weight is 307 g/mol. The third-order valence-electron chi connectivity index (χ3n) is 3.85. The first-order valence-corrected chi connectivity index (χ1v) is 8.71. The molecule has 1 aromatic rings. The van der Waals surface area contributed by atoms with Gasteiger partial charge in [0.15, 0.2) is 0 Å². The van der Waals surface area contributed by atoms with Crippen molar-refractivity contribution in [1.29, 1.82) is 5.26 Å². The highest BCUT2D eigenvalue weighted by atomic mass is 32.2. The monoisotopic (exact) mass is 307 g/mol. The minimum Gasteiger partial charge on any atom is -0.299 e. The third kappa shape index (κ3) is 4.27. The maximum absolute atomic E-state index is 12.2. The van der Waals surface area contributed by atoms with Crippen LogP contribution in [0.4, 0.5) is 0 Å². The Labute approximate surface area is 126 Å². The Balaban J connectivity index is 1.96. The normalized spacial score (nSPS) is 17.5. The van der Waals surface area contributed by atoms with Crippen LogP contribution in [0, 0.1) is 11.3 Å². The van der Waals surface area contributed by atoms with E-state index in [1.165, 1.54) is 12.8 Å². The molecule has 114 valence electrons. The van der Waals surface area contributed by atoms with Crippen LogP contribution in [-0.4, -0.2) is 39.0 Å². The van der Waals surface area contributed by atoms with Crippen LogP contribution in [-0.2, 0) is 16.4 Å². The molecule has 0 saturated carbocycles. The molecule has 0 amide bonds. The van der Waals surface area contributed by atoms with Gasteiger partial charge < -0.3 is 0 Å². The maximum Gasteiger partial charge on any atom is 0.240 e. The Morgan fingerprint density at radius 3 is 2.48 bits per heavy atom. The molecule has 1 aliphatic rings. The Kier molecular flexibility index (Phi) is 5.34. The Morgan fingerprint density at radius 1 is 1.29 bits per heavy atom. The molecular formula is C15H21N3O2S. The molecule has 1 aromatic carbocycles. The smallest absolute Gasteiger partial charge is 0.240 e. The van der Waals surface area contributed by atoms with E-state index in [9.17, 15) is 8.42 Å². The molecule has 1 saturated heterocycles. The van der Waals surface area contributed by atoms with Crippen molar-refractivity contribution in [2.75, 3.05) is 19.6 Å².